The number of ether oxygens (including phenoxy) is 2. The Kier molecular flexibility index (Phi) is 7.27. The highest BCUT2D eigenvalue weighted by Gasteiger charge is 2.20. The van der Waals surface area contributed by atoms with Crippen LogP contribution in [0.1, 0.15) is 23.3 Å². The van der Waals surface area contributed by atoms with Crippen LogP contribution in [0.2, 0.25) is 0 Å². The van der Waals surface area contributed by atoms with Gasteiger partial charge < -0.3 is 25.4 Å². The number of primary amides is 1. The summed E-state index contributed by atoms with van der Waals surface area (Å²) in [7, 11) is 3.71. The van der Waals surface area contributed by atoms with Gasteiger partial charge in [0.1, 0.15) is 23.7 Å². The molecule has 0 spiro atoms. The van der Waals surface area contributed by atoms with Gasteiger partial charge in [0.05, 0.1) is 24.9 Å². The molecule has 3 heterocycles. The summed E-state index contributed by atoms with van der Waals surface area (Å²) in [5.74, 6) is 0.724. The van der Waals surface area contributed by atoms with Gasteiger partial charge in [-0.2, -0.15) is 0 Å². The predicted octanol–water partition coefficient (Wildman–Crippen LogP) is 3.80. The summed E-state index contributed by atoms with van der Waals surface area (Å²) in [6, 6.07) is 8.02. The Morgan fingerprint density at radius 2 is 1.89 bits per heavy atom. The lowest BCUT2D eigenvalue weighted by molar-refractivity contribution is 0.0996. The number of nitrogens with two attached hydrogens (primary N) is 1. The number of hydrogen-bond acceptors (Lipinski definition) is 9. The second kappa shape index (κ2) is 10.9. The minimum absolute atomic E-state index is 0.0321. The van der Waals surface area contributed by atoms with E-state index in [4.69, 9.17) is 15.2 Å². The number of likely N-dealkylation sites (tertiary alicyclic amines) is 1. The first-order valence-corrected chi connectivity index (χ1v) is 12.2. The summed E-state index contributed by atoms with van der Waals surface area (Å²) in [4.78, 5) is 30.8. The fourth-order valence-corrected chi connectivity index (χ4v) is 4.49. The number of amides is 1. The zero-order chi connectivity index (χ0) is 26.6. The van der Waals surface area contributed by atoms with Gasteiger partial charge in [-0.1, -0.05) is 6.07 Å². The minimum Gasteiger partial charge on any atom is -0.493 e. The fourth-order valence-electron chi connectivity index (χ4n) is 4.49. The maximum atomic E-state index is 15.1. The number of rotatable bonds is 8. The van der Waals surface area contributed by atoms with Crippen molar-refractivity contribution in [3.63, 3.8) is 0 Å². The number of carbonyl (C=O) groups is 1. The first kappa shape index (κ1) is 25.3. The second-order valence-electron chi connectivity index (χ2n) is 9.24. The molecule has 10 nitrogen and oxygen atoms in total. The molecule has 4 aromatic rings. The average Bonchev–Trinajstić information content (AvgIpc) is 2.93. The van der Waals surface area contributed by atoms with Crippen LogP contribution in [0, 0.1) is 11.7 Å². The SMILES string of the molecule is COc1cc2c(Nc3ccc(-c4nccnc4C(N)=O)cc3F)ncnc2cc1OCC1CCN(C)CC1. The number of methoxy groups -OCH3 is 1. The zero-order valence-corrected chi connectivity index (χ0v) is 21.1. The van der Waals surface area contributed by atoms with Crippen molar-refractivity contribution in [2.24, 2.45) is 11.7 Å². The smallest absolute Gasteiger partial charge is 0.269 e. The highest BCUT2D eigenvalue weighted by Crippen LogP contribution is 2.36. The number of fused-ring (bicyclic) bond motifs is 1. The van der Waals surface area contributed by atoms with Crippen LogP contribution in [0.15, 0.2) is 49.1 Å². The van der Waals surface area contributed by atoms with Crippen LogP contribution in [0.4, 0.5) is 15.9 Å². The molecule has 3 N–H and O–H groups in total. The maximum absolute atomic E-state index is 15.1. The van der Waals surface area contributed by atoms with Crippen molar-refractivity contribution in [3.8, 4) is 22.8 Å². The molecule has 1 amide bonds. The van der Waals surface area contributed by atoms with Crippen molar-refractivity contribution in [3.05, 3.63) is 60.6 Å². The molecule has 0 aliphatic carbocycles. The molecule has 5 rings (SSSR count). The first-order chi connectivity index (χ1) is 18.4. The van der Waals surface area contributed by atoms with E-state index >= 15 is 4.39 Å². The van der Waals surface area contributed by atoms with Crippen LogP contribution in [-0.2, 0) is 0 Å². The van der Waals surface area contributed by atoms with E-state index in [1.165, 1.54) is 30.9 Å². The van der Waals surface area contributed by atoms with Gasteiger partial charge in [0.15, 0.2) is 17.2 Å². The quantitative estimate of drug-likeness (QED) is 0.359. The Morgan fingerprint density at radius 1 is 1.11 bits per heavy atom. The topological polar surface area (TPSA) is 128 Å². The predicted molar refractivity (Wildman–Crippen MR) is 141 cm³/mol. The standard InChI is InChI=1S/C27H28FN7O3/c1-35-9-5-16(6-10-35)14-38-23-13-21-18(12-22(23)37-2)27(33-15-32-21)34-20-4-3-17(11-19(20)28)24-25(26(29)36)31-8-7-30-24/h3-4,7-8,11-13,15-16H,5-6,9-10,14H2,1-2H3,(H2,29,36)(H,32,33,34). The van der Waals surface area contributed by atoms with E-state index in [1.807, 2.05) is 6.07 Å². The summed E-state index contributed by atoms with van der Waals surface area (Å²) < 4.78 is 26.9. The molecule has 1 aliphatic rings. The van der Waals surface area contributed by atoms with Crippen LogP contribution in [-0.4, -0.2) is 64.6 Å². The number of carbonyl (C=O) groups excluding carboxylic acids is 1. The molecule has 0 radical (unpaired) electrons. The van der Waals surface area contributed by atoms with E-state index in [9.17, 15) is 4.79 Å². The zero-order valence-electron chi connectivity index (χ0n) is 21.1. The molecule has 2 aromatic carbocycles. The van der Waals surface area contributed by atoms with Crippen molar-refractivity contribution in [1.82, 2.24) is 24.8 Å². The number of aromatic nitrogens is 4. The lowest BCUT2D eigenvalue weighted by Crippen LogP contribution is -2.32. The monoisotopic (exact) mass is 517 g/mol. The Bertz CT molecular complexity index is 1470. The third kappa shape index (κ3) is 5.32. The molecule has 0 bridgehead atoms. The first-order valence-electron chi connectivity index (χ1n) is 12.2. The Hall–Kier alpha value is -4.38. The molecular formula is C27H28FN7O3. The van der Waals surface area contributed by atoms with Gasteiger partial charge in [-0.25, -0.2) is 19.3 Å². The molecular weight excluding hydrogens is 489 g/mol. The summed E-state index contributed by atoms with van der Waals surface area (Å²) in [6.45, 7) is 2.73. The van der Waals surface area contributed by atoms with E-state index < -0.39 is 11.7 Å². The lowest BCUT2D eigenvalue weighted by atomic mass is 9.98. The van der Waals surface area contributed by atoms with Crippen LogP contribution in [0.25, 0.3) is 22.2 Å². The summed E-state index contributed by atoms with van der Waals surface area (Å²) in [5, 5.41) is 3.68. The highest BCUT2D eigenvalue weighted by atomic mass is 19.1. The van der Waals surface area contributed by atoms with Gasteiger partial charge in [-0.3, -0.25) is 9.78 Å². The minimum atomic E-state index is -0.744. The van der Waals surface area contributed by atoms with Crippen LogP contribution in [0.5, 0.6) is 11.5 Å². The van der Waals surface area contributed by atoms with Crippen LogP contribution >= 0.6 is 0 Å². The number of hydrogen-bond donors (Lipinski definition) is 2. The third-order valence-corrected chi connectivity index (χ3v) is 6.66. The van der Waals surface area contributed by atoms with Crippen LogP contribution in [0.3, 0.4) is 0 Å². The van der Waals surface area contributed by atoms with Crippen molar-refractivity contribution in [1.29, 1.82) is 0 Å². The Morgan fingerprint density at radius 3 is 2.63 bits per heavy atom. The normalized spacial score (nSPS) is 14.4. The molecule has 1 fully saturated rings. The van der Waals surface area contributed by atoms with E-state index in [1.54, 1.807) is 19.2 Å². The maximum Gasteiger partial charge on any atom is 0.269 e. The molecule has 38 heavy (non-hydrogen) atoms. The van der Waals surface area contributed by atoms with Gasteiger partial charge in [0.2, 0.25) is 0 Å². The Balaban J connectivity index is 1.39. The van der Waals surface area contributed by atoms with Crippen molar-refractivity contribution < 1.29 is 18.7 Å². The van der Waals surface area contributed by atoms with E-state index in [0.717, 1.165) is 25.9 Å². The Labute approximate surface area is 219 Å². The van der Waals surface area contributed by atoms with Gasteiger partial charge in [-0.05, 0) is 57.1 Å². The second-order valence-corrected chi connectivity index (χ2v) is 9.24. The van der Waals surface area contributed by atoms with Crippen LogP contribution < -0.4 is 20.5 Å². The van der Waals surface area contributed by atoms with E-state index in [0.29, 0.717) is 46.3 Å². The molecule has 1 aliphatic heterocycles. The molecule has 0 saturated carbocycles. The molecule has 11 heteroatoms. The number of halogens is 1. The number of piperidine rings is 1. The van der Waals surface area contributed by atoms with Crippen molar-refractivity contribution >= 4 is 28.3 Å². The van der Waals surface area contributed by atoms with E-state index in [2.05, 4.69) is 37.2 Å². The highest BCUT2D eigenvalue weighted by molar-refractivity contribution is 5.97. The molecule has 1 saturated heterocycles. The summed E-state index contributed by atoms with van der Waals surface area (Å²) in [5.41, 5.74) is 6.74. The van der Waals surface area contributed by atoms with E-state index in [-0.39, 0.29) is 17.1 Å². The average molecular weight is 518 g/mol. The van der Waals surface area contributed by atoms with Crippen molar-refractivity contribution in [2.75, 3.05) is 39.2 Å². The molecule has 2 aromatic heterocycles. The van der Waals surface area contributed by atoms with Gasteiger partial charge in [0, 0.05) is 29.4 Å². The van der Waals surface area contributed by atoms with Gasteiger partial charge in [0.25, 0.3) is 5.91 Å². The lowest BCUT2D eigenvalue weighted by Gasteiger charge is -2.28. The largest absolute Gasteiger partial charge is 0.493 e. The molecule has 196 valence electrons. The molecule has 0 atom stereocenters. The van der Waals surface area contributed by atoms with Crippen molar-refractivity contribution in [2.45, 2.75) is 12.8 Å². The number of nitrogens with zero attached hydrogens (tertiary/aromatic N) is 5. The number of nitrogens with one attached hydrogen (secondary N) is 1. The van der Waals surface area contributed by atoms with Gasteiger partial charge >= 0.3 is 0 Å². The van der Waals surface area contributed by atoms with Gasteiger partial charge in [-0.15, -0.1) is 0 Å². The summed E-state index contributed by atoms with van der Waals surface area (Å²) in [6.07, 6.45) is 6.36. The fraction of sp³-hybridized carbons (Fsp3) is 0.296. The molecule has 0 unspecified atom stereocenters. The number of anilines is 2. The summed E-state index contributed by atoms with van der Waals surface area (Å²) >= 11 is 0. The third-order valence-electron chi connectivity index (χ3n) is 6.66. The number of benzene rings is 2.